The van der Waals surface area contributed by atoms with E-state index in [1.54, 1.807) is 7.11 Å². The van der Waals surface area contributed by atoms with Gasteiger partial charge < -0.3 is 19.1 Å². The number of fused-ring (bicyclic) bond motifs is 1. The number of hydrogen-bond donors (Lipinski definition) is 1. The van der Waals surface area contributed by atoms with Crippen LogP contribution in [0, 0.1) is 13.8 Å². The first-order valence-corrected chi connectivity index (χ1v) is 10.5. The van der Waals surface area contributed by atoms with E-state index in [1.807, 2.05) is 74.5 Å². The van der Waals surface area contributed by atoms with E-state index in [0.29, 0.717) is 13.0 Å². The third-order valence-corrected chi connectivity index (χ3v) is 5.42. The lowest BCUT2D eigenvalue weighted by Gasteiger charge is -2.17. The number of imidazole rings is 1. The average molecular weight is 417 g/mol. The molecule has 0 spiro atoms. The van der Waals surface area contributed by atoms with Crippen LogP contribution in [-0.2, 0) is 13.0 Å². The van der Waals surface area contributed by atoms with Crippen molar-refractivity contribution >= 4 is 11.0 Å². The molecule has 1 N–H and O–H groups in total. The Balaban J connectivity index is 1.54. The molecule has 0 unspecified atom stereocenters. The van der Waals surface area contributed by atoms with Crippen molar-refractivity contribution in [3.63, 3.8) is 0 Å². The van der Waals surface area contributed by atoms with Crippen molar-refractivity contribution in [2.24, 2.45) is 0 Å². The van der Waals surface area contributed by atoms with Crippen molar-refractivity contribution in [2.45, 2.75) is 32.9 Å². The van der Waals surface area contributed by atoms with Gasteiger partial charge in [0.1, 0.15) is 30.0 Å². The predicted octanol–water partition coefficient (Wildman–Crippen LogP) is 4.69. The number of nitrogens with zero attached hydrogens (tertiary/aromatic N) is 2. The Morgan fingerprint density at radius 1 is 1.00 bits per heavy atom. The molecule has 0 aliphatic heterocycles. The van der Waals surface area contributed by atoms with Gasteiger partial charge >= 0.3 is 0 Å². The van der Waals surface area contributed by atoms with Gasteiger partial charge in [0.05, 0.1) is 24.7 Å². The van der Waals surface area contributed by atoms with Crippen molar-refractivity contribution < 1.29 is 14.6 Å². The second-order valence-electron chi connectivity index (χ2n) is 7.89. The number of benzene rings is 3. The molecule has 1 aromatic heterocycles. The molecule has 0 aliphatic carbocycles. The fourth-order valence-corrected chi connectivity index (χ4v) is 3.70. The zero-order valence-corrected chi connectivity index (χ0v) is 18.2. The summed E-state index contributed by atoms with van der Waals surface area (Å²) >= 11 is 0. The molecule has 160 valence electrons. The highest BCUT2D eigenvalue weighted by atomic mass is 16.5. The smallest absolute Gasteiger partial charge is 0.122 e. The van der Waals surface area contributed by atoms with Crippen molar-refractivity contribution in [3.05, 3.63) is 89.2 Å². The van der Waals surface area contributed by atoms with Crippen LogP contribution in [0.5, 0.6) is 11.5 Å². The fourth-order valence-electron chi connectivity index (χ4n) is 3.70. The number of methoxy groups -OCH3 is 1. The number of aliphatic hydroxyl groups is 1. The lowest BCUT2D eigenvalue weighted by atomic mass is 10.1. The van der Waals surface area contributed by atoms with Crippen LogP contribution in [0.4, 0.5) is 0 Å². The minimum absolute atomic E-state index is 0.221. The van der Waals surface area contributed by atoms with Gasteiger partial charge in [0.25, 0.3) is 0 Å². The molecule has 1 heterocycles. The zero-order chi connectivity index (χ0) is 21.8. The third kappa shape index (κ3) is 4.89. The van der Waals surface area contributed by atoms with Gasteiger partial charge in [0.2, 0.25) is 0 Å². The van der Waals surface area contributed by atoms with E-state index in [4.69, 9.17) is 14.5 Å². The Kier molecular flexibility index (Phi) is 6.23. The van der Waals surface area contributed by atoms with E-state index in [0.717, 1.165) is 45.0 Å². The molecular weight excluding hydrogens is 388 g/mol. The molecule has 4 aromatic rings. The zero-order valence-electron chi connectivity index (χ0n) is 18.2. The van der Waals surface area contributed by atoms with E-state index in [-0.39, 0.29) is 6.61 Å². The number of rotatable bonds is 8. The number of aliphatic hydroxyl groups excluding tert-OH is 1. The van der Waals surface area contributed by atoms with E-state index < -0.39 is 6.10 Å². The minimum Gasteiger partial charge on any atom is -0.497 e. The van der Waals surface area contributed by atoms with Gasteiger partial charge in [-0.1, -0.05) is 36.4 Å². The van der Waals surface area contributed by atoms with Crippen molar-refractivity contribution in [3.8, 4) is 11.5 Å². The Labute approximate surface area is 182 Å². The molecule has 31 heavy (non-hydrogen) atoms. The lowest BCUT2D eigenvalue weighted by molar-refractivity contribution is 0.0924. The standard InChI is InChI=1S/C26H28N2O3/c1-18-8-9-19(2)25(14-18)31-17-21(29)16-28-24-7-5-4-6-23(24)27-26(28)15-20-10-12-22(30-3)13-11-20/h4-14,21,29H,15-17H2,1-3H3/t21-/m0/s1. The molecule has 0 saturated heterocycles. The molecule has 5 nitrogen and oxygen atoms in total. The molecular formula is C26H28N2O3. The predicted molar refractivity (Wildman–Crippen MR) is 123 cm³/mol. The van der Waals surface area contributed by atoms with Gasteiger partial charge in [-0.3, -0.25) is 0 Å². The Hall–Kier alpha value is -3.31. The summed E-state index contributed by atoms with van der Waals surface area (Å²) in [6, 6.07) is 22.1. The van der Waals surface area contributed by atoms with Crippen LogP contribution in [0.3, 0.4) is 0 Å². The Bertz CT molecular complexity index is 1170. The van der Waals surface area contributed by atoms with E-state index in [2.05, 4.69) is 10.6 Å². The van der Waals surface area contributed by atoms with E-state index >= 15 is 0 Å². The molecule has 0 aliphatic rings. The van der Waals surface area contributed by atoms with Crippen molar-refractivity contribution in [1.29, 1.82) is 0 Å². The maximum atomic E-state index is 10.8. The van der Waals surface area contributed by atoms with Crippen LogP contribution >= 0.6 is 0 Å². The summed E-state index contributed by atoms with van der Waals surface area (Å²) in [7, 11) is 1.66. The highest BCUT2D eigenvalue weighted by Crippen LogP contribution is 2.22. The molecule has 3 aromatic carbocycles. The summed E-state index contributed by atoms with van der Waals surface area (Å²) in [5.74, 6) is 2.56. The minimum atomic E-state index is -0.660. The second-order valence-corrected chi connectivity index (χ2v) is 7.89. The highest BCUT2D eigenvalue weighted by Gasteiger charge is 2.16. The van der Waals surface area contributed by atoms with Gasteiger partial charge in [0, 0.05) is 6.42 Å². The molecule has 0 amide bonds. The number of aromatic nitrogens is 2. The van der Waals surface area contributed by atoms with Crippen molar-refractivity contribution in [1.82, 2.24) is 9.55 Å². The summed E-state index contributed by atoms with van der Waals surface area (Å²) < 4.78 is 13.3. The maximum Gasteiger partial charge on any atom is 0.122 e. The summed E-state index contributed by atoms with van der Waals surface area (Å²) in [4.78, 5) is 4.83. The molecule has 0 radical (unpaired) electrons. The molecule has 0 bridgehead atoms. The largest absolute Gasteiger partial charge is 0.497 e. The molecule has 5 heteroatoms. The average Bonchev–Trinajstić information content (AvgIpc) is 3.12. The Morgan fingerprint density at radius 2 is 1.77 bits per heavy atom. The first kappa shape index (κ1) is 20.9. The third-order valence-electron chi connectivity index (χ3n) is 5.42. The van der Waals surface area contributed by atoms with E-state index in [9.17, 15) is 5.11 Å². The topological polar surface area (TPSA) is 56.5 Å². The van der Waals surface area contributed by atoms with Crippen LogP contribution in [0.1, 0.15) is 22.5 Å². The van der Waals surface area contributed by atoms with Gasteiger partial charge in [-0.2, -0.15) is 0 Å². The molecule has 0 fully saturated rings. The normalized spacial score (nSPS) is 12.1. The van der Waals surface area contributed by atoms with Crippen LogP contribution in [0.25, 0.3) is 11.0 Å². The van der Waals surface area contributed by atoms with Gasteiger partial charge in [-0.05, 0) is 60.9 Å². The number of para-hydroxylation sites is 2. The van der Waals surface area contributed by atoms with Crippen molar-refractivity contribution in [2.75, 3.05) is 13.7 Å². The Morgan fingerprint density at radius 3 is 2.55 bits per heavy atom. The molecule has 1 atom stereocenters. The highest BCUT2D eigenvalue weighted by molar-refractivity contribution is 5.76. The first-order valence-electron chi connectivity index (χ1n) is 10.5. The number of ether oxygens (including phenoxy) is 2. The van der Waals surface area contributed by atoms with Gasteiger partial charge in [0.15, 0.2) is 0 Å². The molecule has 0 saturated carbocycles. The molecule has 4 rings (SSSR count). The second kappa shape index (κ2) is 9.23. The van der Waals surface area contributed by atoms with Crippen LogP contribution in [0.2, 0.25) is 0 Å². The van der Waals surface area contributed by atoms with E-state index in [1.165, 1.54) is 0 Å². The quantitative estimate of drug-likeness (QED) is 0.453. The SMILES string of the molecule is COc1ccc(Cc2nc3ccccc3n2C[C@H](O)COc2cc(C)ccc2C)cc1. The summed E-state index contributed by atoms with van der Waals surface area (Å²) in [5.41, 5.74) is 5.27. The monoisotopic (exact) mass is 416 g/mol. The number of hydrogen-bond acceptors (Lipinski definition) is 4. The van der Waals surface area contributed by atoms with Crippen LogP contribution in [0.15, 0.2) is 66.7 Å². The fraction of sp³-hybridized carbons (Fsp3) is 0.269. The summed E-state index contributed by atoms with van der Waals surface area (Å²) in [5, 5.41) is 10.8. The summed E-state index contributed by atoms with van der Waals surface area (Å²) in [6.45, 7) is 4.68. The maximum absolute atomic E-state index is 10.8. The summed E-state index contributed by atoms with van der Waals surface area (Å²) in [6.07, 6.45) is 0.00982. The number of aryl methyl sites for hydroxylation is 2. The lowest BCUT2D eigenvalue weighted by Crippen LogP contribution is -2.25. The first-order chi connectivity index (χ1) is 15.0. The van der Waals surface area contributed by atoms with Crippen LogP contribution < -0.4 is 9.47 Å². The van der Waals surface area contributed by atoms with Gasteiger partial charge in [-0.15, -0.1) is 0 Å². The van der Waals surface area contributed by atoms with Crippen LogP contribution in [-0.4, -0.2) is 34.5 Å². The van der Waals surface area contributed by atoms with Gasteiger partial charge in [-0.25, -0.2) is 4.98 Å².